The Hall–Kier alpha value is -0.340. The molecule has 1 heterocycles. The number of hydrogen-bond acceptors (Lipinski definition) is 4. The van der Waals surface area contributed by atoms with Gasteiger partial charge in [-0.3, -0.25) is 0 Å². The van der Waals surface area contributed by atoms with Crippen LogP contribution in [0.4, 0.5) is 13.3 Å². The molecule has 1 rings (SSSR count). The van der Waals surface area contributed by atoms with E-state index in [1.54, 1.807) is 0 Å². The van der Waals surface area contributed by atoms with Crippen LogP contribution in [0, 0.1) is 0 Å². The van der Waals surface area contributed by atoms with Crippen molar-refractivity contribution in [1.29, 1.82) is 0 Å². The Bertz CT molecular complexity index is 285. The minimum absolute atomic E-state index is 0.465. The molecular weight excluding hydrogens is 221 g/mol. The number of nitrogens with zero attached hydrogens (tertiary/aromatic N) is 1. The normalized spacial score (nSPS) is 23.4. The van der Waals surface area contributed by atoms with Gasteiger partial charge in [0.2, 0.25) is 0 Å². The highest BCUT2D eigenvalue weighted by Gasteiger charge is 2.27. The highest BCUT2D eigenvalue weighted by Crippen LogP contribution is 2.17. The van der Waals surface area contributed by atoms with Crippen LogP contribution in [0.5, 0.6) is 0 Å². The van der Waals surface area contributed by atoms with E-state index in [9.17, 15) is 17.5 Å². The van der Waals surface area contributed by atoms with E-state index in [0.29, 0.717) is 25.9 Å². The second-order valence-corrected chi connectivity index (χ2v) is 4.65. The SMILES string of the molecule is O=S(=NC1CCNCC1)(OF)C(F)F. The van der Waals surface area contributed by atoms with Gasteiger partial charge < -0.3 is 5.32 Å². The highest BCUT2D eigenvalue weighted by atomic mass is 32.2. The summed E-state index contributed by atoms with van der Waals surface area (Å²) >= 11 is 0. The standard InChI is InChI=1S/C6H11F3N2O2S/c7-6(8)14(12,13-9)11-5-1-3-10-4-2-5/h5-6,10H,1-4H2. The molecule has 14 heavy (non-hydrogen) atoms. The first-order valence-electron chi connectivity index (χ1n) is 4.12. The predicted molar refractivity (Wildman–Crippen MR) is 44.7 cm³/mol. The van der Waals surface area contributed by atoms with Gasteiger partial charge in [-0.1, -0.05) is 4.39 Å². The molecule has 0 saturated carbocycles. The third-order valence-electron chi connectivity index (χ3n) is 1.92. The van der Waals surface area contributed by atoms with Crippen molar-refractivity contribution in [3.05, 3.63) is 0 Å². The minimum atomic E-state index is -4.45. The number of alkyl halides is 2. The lowest BCUT2D eigenvalue weighted by Crippen LogP contribution is -2.31. The molecule has 0 aromatic carbocycles. The number of nitrogens with one attached hydrogen (secondary N) is 1. The van der Waals surface area contributed by atoms with Crippen LogP contribution in [0.1, 0.15) is 12.8 Å². The van der Waals surface area contributed by atoms with Gasteiger partial charge in [0, 0.05) is 0 Å². The molecule has 1 aliphatic rings. The fraction of sp³-hybridized carbons (Fsp3) is 1.00. The summed E-state index contributed by atoms with van der Waals surface area (Å²) in [5.74, 6) is -3.41. The third kappa shape index (κ3) is 2.82. The number of halogens is 3. The topological polar surface area (TPSA) is 50.7 Å². The van der Waals surface area contributed by atoms with E-state index in [1.165, 1.54) is 0 Å². The van der Waals surface area contributed by atoms with E-state index >= 15 is 0 Å². The van der Waals surface area contributed by atoms with Gasteiger partial charge in [0.1, 0.15) is 0 Å². The maximum atomic E-state index is 12.1. The largest absolute Gasteiger partial charge is 0.345 e. The predicted octanol–water partition coefficient (Wildman–Crippen LogP) is 1.25. The molecule has 0 aromatic heterocycles. The molecule has 1 saturated heterocycles. The zero-order valence-electron chi connectivity index (χ0n) is 7.29. The lowest BCUT2D eigenvalue weighted by molar-refractivity contribution is -0.00162. The molecule has 1 fully saturated rings. The van der Waals surface area contributed by atoms with Crippen molar-refractivity contribution in [2.75, 3.05) is 13.1 Å². The summed E-state index contributed by atoms with van der Waals surface area (Å²) in [5, 5.41) is 2.97. The van der Waals surface area contributed by atoms with Gasteiger partial charge in [-0.2, -0.15) is 8.78 Å². The fourth-order valence-electron chi connectivity index (χ4n) is 1.21. The van der Waals surface area contributed by atoms with Gasteiger partial charge >= 0.3 is 5.76 Å². The Balaban J connectivity index is 2.76. The van der Waals surface area contributed by atoms with E-state index in [2.05, 4.69) is 14.1 Å². The van der Waals surface area contributed by atoms with E-state index in [4.69, 9.17) is 0 Å². The van der Waals surface area contributed by atoms with E-state index < -0.39 is 21.8 Å². The van der Waals surface area contributed by atoms with E-state index in [0.717, 1.165) is 0 Å². The van der Waals surface area contributed by atoms with Gasteiger partial charge in [-0.05, 0) is 30.5 Å². The number of hydrogen-bond donors (Lipinski definition) is 1. The molecule has 0 aliphatic carbocycles. The third-order valence-corrected chi connectivity index (χ3v) is 3.14. The van der Waals surface area contributed by atoms with Gasteiger partial charge in [0.25, 0.3) is 10.0 Å². The van der Waals surface area contributed by atoms with E-state index in [1.807, 2.05) is 0 Å². The minimum Gasteiger partial charge on any atom is -0.317 e. The molecule has 84 valence electrons. The molecule has 1 atom stereocenters. The first-order valence-corrected chi connectivity index (χ1v) is 5.63. The second-order valence-electron chi connectivity index (χ2n) is 2.93. The van der Waals surface area contributed by atoms with Crippen molar-refractivity contribution in [1.82, 2.24) is 5.32 Å². The zero-order valence-corrected chi connectivity index (χ0v) is 8.11. The molecule has 0 spiro atoms. The Kier molecular flexibility index (Phi) is 4.14. The average molecular weight is 232 g/mol. The second kappa shape index (κ2) is 4.94. The summed E-state index contributed by atoms with van der Waals surface area (Å²) in [6, 6.07) is -0.520. The zero-order chi connectivity index (χ0) is 10.6. The lowest BCUT2D eigenvalue weighted by Gasteiger charge is -2.19. The molecular formula is C6H11F3N2O2S. The molecule has 0 amide bonds. The Morgan fingerprint density at radius 3 is 2.43 bits per heavy atom. The van der Waals surface area contributed by atoms with Crippen molar-refractivity contribution in [2.45, 2.75) is 24.6 Å². The molecule has 1 N–H and O–H groups in total. The average Bonchev–Trinajstić information content (AvgIpc) is 2.19. The molecule has 4 nitrogen and oxygen atoms in total. The first kappa shape index (κ1) is 11.7. The van der Waals surface area contributed by atoms with Gasteiger partial charge in [-0.25, -0.2) is 8.57 Å². The summed E-state index contributed by atoms with van der Waals surface area (Å²) in [4.78, 5) is 0. The van der Waals surface area contributed by atoms with Crippen molar-refractivity contribution in [3.8, 4) is 0 Å². The maximum Gasteiger partial charge on any atom is 0.345 e. The fourth-order valence-corrected chi connectivity index (χ4v) is 2.02. The summed E-state index contributed by atoms with van der Waals surface area (Å²) in [5.41, 5.74) is 0. The summed E-state index contributed by atoms with van der Waals surface area (Å²) in [6.45, 7) is 1.19. The van der Waals surface area contributed by atoms with Gasteiger partial charge in [-0.15, -0.1) is 0 Å². The highest BCUT2D eigenvalue weighted by molar-refractivity contribution is 7.89. The van der Waals surface area contributed by atoms with Crippen LogP contribution in [-0.4, -0.2) is 29.1 Å². The van der Waals surface area contributed by atoms with Gasteiger partial charge in [0.05, 0.1) is 6.04 Å². The maximum absolute atomic E-state index is 12.1. The van der Waals surface area contributed by atoms with E-state index in [-0.39, 0.29) is 0 Å². The number of piperidine rings is 1. The lowest BCUT2D eigenvalue weighted by atomic mass is 10.1. The summed E-state index contributed by atoms with van der Waals surface area (Å²) in [6.07, 6.45) is 0.931. The Morgan fingerprint density at radius 1 is 1.43 bits per heavy atom. The van der Waals surface area contributed by atoms with Crippen LogP contribution >= 0.6 is 0 Å². The number of rotatable bonds is 3. The quantitative estimate of drug-likeness (QED) is 0.796. The summed E-state index contributed by atoms with van der Waals surface area (Å²) in [7, 11) is -4.45. The molecule has 0 bridgehead atoms. The van der Waals surface area contributed by atoms with Crippen LogP contribution in [-0.2, 0) is 14.4 Å². The Morgan fingerprint density at radius 2 is 2.00 bits per heavy atom. The Labute approximate surface area is 80.1 Å². The van der Waals surface area contributed by atoms with Crippen LogP contribution in [0.25, 0.3) is 0 Å². The van der Waals surface area contributed by atoms with Crippen molar-refractivity contribution in [2.24, 2.45) is 4.36 Å². The van der Waals surface area contributed by atoms with Crippen LogP contribution in [0.3, 0.4) is 0 Å². The van der Waals surface area contributed by atoms with Crippen molar-refractivity contribution >= 4 is 10.0 Å². The van der Waals surface area contributed by atoms with Crippen molar-refractivity contribution in [3.63, 3.8) is 0 Å². The van der Waals surface area contributed by atoms with Crippen LogP contribution in [0.15, 0.2) is 4.36 Å². The molecule has 0 radical (unpaired) electrons. The monoisotopic (exact) mass is 232 g/mol. The first-order chi connectivity index (χ1) is 6.58. The molecule has 8 heteroatoms. The van der Waals surface area contributed by atoms with Gasteiger partial charge in [0.15, 0.2) is 0 Å². The molecule has 0 aromatic rings. The molecule has 1 aliphatic heterocycles. The van der Waals surface area contributed by atoms with Crippen molar-refractivity contribution < 1.29 is 21.9 Å². The molecule has 1 unspecified atom stereocenters. The summed E-state index contributed by atoms with van der Waals surface area (Å²) < 4.78 is 52.9. The van der Waals surface area contributed by atoms with Crippen LogP contribution in [0.2, 0.25) is 0 Å². The van der Waals surface area contributed by atoms with Crippen LogP contribution < -0.4 is 5.32 Å². The smallest absolute Gasteiger partial charge is 0.317 e.